The number of esters is 2. The second-order valence-corrected chi connectivity index (χ2v) is 3.27. The van der Waals surface area contributed by atoms with E-state index in [2.05, 4.69) is 4.74 Å². The van der Waals surface area contributed by atoms with Crippen LogP contribution in [0.3, 0.4) is 0 Å². The van der Waals surface area contributed by atoms with Crippen molar-refractivity contribution in [2.75, 3.05) is 26.8 Å². The highest BCUT2D eigenvalue weighted by molar-refractivity contribution is 5.90. The second kappa shape index (κ2) is 5.07. The van der Waals surface area contributed by atoms with Crippen LogP contribution in [0.4, 0.5) is 0 Å². The molecule has 1 fully saturated rings. The third-order valence-electron chi connectivity index (χ3n) is 2.24. The second-order valence-electron chi connectivity index (χ2n) is 3.27. The molecule has 0 aliphatic carbocycles. The van der Waals surface area contributed by atoms with Crippen LogP contribution < -0.4 is 0 Å². The fourth-order valence-electron chi connectivity index (χ4n) is 1.51. The Morgan fingerprint density at radius 3 is 2.43 bits per heavy atom. The molecule has 1 unspecified atom stereocenters. The van der Waals surface area contributed by atoms with Crippen LogP contribution >= 0.6 is 0 Å². The number of rotatable bonds is 4. The molecule has 80 valence electrons. The molecular weight excluding hydrogens is 186 g/mol. The zero-order valence-electron chi connectivity index (χ0n) is 8.49. The van der Waals surface area contributed by atoms with E-state index in [1.165, 1.54) is 0 Å². The molecule has 0 N–H and O–H groups in total. The Morgan fingerprint density at radius 1 is 1.43 bits per heavy atom. The molecule has 0 aromatic carbocycles. The zero-order chi connectivity index (χ0) is 10.6. The summed E-state index contributed by atoms with van der Waals surface area (Å²) in [6.45, 7) is 2.87. The van der Waals surface area contributed by atoms with Crippen molar-refractivity contribution in [1.29, 1.82) is 0 Å². The van der Waals surface area contributed by atoms with E-state index in [4.69, 9.17) is 4.74 Å². The predicted octanol–water partition coefficient (Wildman–Crippen LogP) is -0.203. The SMILES string of the molecule is CCC(COC)N1CC(=O)OC(=O)C1. The van der Waals surface area contributed by atoms with Gasteiger partial charge in [-0.2, -0.15) is 0 Å². The van der Waals surface area contributed by atoms with Gasteiger partial charge in [-0.25, -0.2) is 0 Å². The molecule has 0 bridgehead atoms. The van der Waals surface area contributed by atoms with Crippen LogP contribution in [0, 0.1) is 0 Å². The Labute approximate surface area is 83.0 Å². The lowest BCUT2D eigenvalue weighted by Gasteiger charge is -2.31. The summed E-state index contributed by atoms with van der Waals surface area (Å²) in [7, 11) is 1.60. The van der Waals surface area contributed by atoms with Crippen molar-refractivity contribution < 1.29 is 19.1 Å². The minimum Gasteiger partial charge on any atom is -0.391 e. The maximum Gasteiger partial charge on any atom is 0.327 e. The maximum absolute atomic E-state index is 11.0. The number of morpholine rings is 1. The number of nitrogens with zero attached hydrogens (tertiary/aromatic N) is 1. The molecule has 1 saturated heterocycles. The highest BCUT2D eigenvalue weighted by atomic mass is 16.6. The predicted molar refractivity (Wildman–Crippen MR) is 48.6 cm³/mol. The van der Waals surface area contributed by atoms with E-state index >= 15 is 0 Å². The lowest BCUT2D eigenvalue weighted by Crippen LogP contribution is -2.49. The first-order valence-electron chi connectivity index (χ1n) is 4.63. The van der Waals surface area contributed by atoms with Crippen molar-refractivity contribution >= 4 is 11.9 Å². The van der Waals surface area contributed by atoms with Crippen molar-refractivity contribution in [1.82, 2.24) is 4.90 Å². The van der Waals surface area contributed by atoms with Crippen LogP contribution in [0.15, 0.2) is 0 Å². The lowest BCUT2D eigenvalue weighted by atomic mass is 10.2. The first-order valence-corrected chi connectivity index (χ1v) is 4.63. The van der Waals surface area contributed by atoms with Crippen LogP contribution in [0.1, 0.15) is 13.3 Å². The summed E-state index contributed by atoms with van der Waals surface area (Å²) < 4.78 is 9.44. The van der Waals surface area contributed by atoms with Crippen molar-refractivity contribution in [3.63, 3.8) is 0 Å². The fraction of sp³-hybridized carbons (Fsp3) is 0.778. The number of carbonyl (C=O) groups is 2. The van der Waals surface area contributed by atoms with E-state index in [-0.39, 0.29) is 19.1 Å². The molecule has 1 aliphatic rings. The van der Waals surface area contributed by atoms with E-state index in [1.54, 1.807) is 12.0 Å². The summed E-state index contributed by atoms with van der Waals surface area (Å²) in [5.41, 5.74) is 0. The van der Waals surface area contributed by atoms with Gasteiger partial charge in [0, 0.05) is 13.2 Å². The van der Waals surface area contributed by atoms with E-state index in [9.17, 15) is 9.59 Å². The number of methoxy groups -OCH3 is 1. The Kier molecular flexibility index (Phi) is 4.03. The summed E-state index contributed by atoms with van der Waals surface area (Å²) >= 11 is 0. The lowest BCUT2D eigenvalue weighted by molar-refractivity contribution is -0.168. The van der Waals surface area contributed by atoms with E-state index < -0.39 is 11.9 Å². The minimum absolute atomic E-state index is 0.108. The van der Waals surface area contributed by atoms with Gasteiger partial charge in [-0.05, 0) is 6.42 Å². The van der Waals surface area contributed by atoms with Crippen molar-refractivity contribution in [3.05, 3.63) is 0 Å². The number of carbonyl (C=O) groups excluding carboxylic acids is 2. The molecule has 0 amide bonds. The Morgan fingerprint density at radius 2 is 2.00 bits per heavy atom. The largest absolute Gasteiger partial charge is 0.391 e. The van der Waals surface area contributed by atoms with Crippen molar-refractivity contribution in [2.45, 2.75) is 19.4 Å². The quantitative estimate of drug-likeness (QED) is 0.465. The number of hydrogen-bond acceptors (Lipinski definition) is 5. The van der Waals surface area contributed by atoms with Gasteiger partial charge in [0.05, 0.1) is 19.7 Å². The zero-order valence-corrected chi connectivity index (χ0v) is 8.49. The molecule has 0 aromatic rings. The van der Waals surface area contributed by atoms with Gasteiger partial charge in [0.2, 0.25) is 0 Å². The third-order valence-corrected chi connectivity index (χ3v) is 2.24. The summed E-state index contributed by atoms with van der Waals surface area (Å²) in [5.74, 6) is -0.952. The van der Waals surface area contributed by atoms with E-state index in [1.807, 2.05) is 6.92 Å². The maximum atomic E-state index is 11.0. The summed E-state index contributed by atoms with van der Waals surface area (Å²) in [6, 6.07) is 0.108. The molecule has 0 spiro atoms. The molecule has 0 saturated carbocycles. The molecule has 5 nitrogen and oxygen atoms in total. The van der Waals surface area contributed by atoms with Gasteiger partial charge in [-0.15, -0.1) is 0 Å². The fourth-order valence-corrected chi connectivity index (χ4v) is 1.51. The molecule has 1 rings (SSSR count). The van der Waals surface area contributed by atoms with Gasteiger partial charge in [-0.1, -0.05) is 6.92 Å². The van der Waals surface area contributed by atoms with Gasteiger partial charge in [0.15, 0.2) is 0 Å². The molecule has 1 aliphatic heterocycles. The van der Waals surface area contributed by atoms with E-state index in [0.29, 0.717) is 6.61 Å². The number of ether oxygens (including phenoxy) is 2. The van der Waals surface area contributed by atoms with Gasteiger partial charge < -0.3 is 9.47 Å². The van der Waals surface area contributed by atoms with Gasteiger partial charge in [0.1, 0.15) is 0 Å². The van der Waals surface area contributed by atoms with Crippen LogP contribution in [0.2, 0.25) is 0 Å². The Hall–Kier alpha value is -0.940. The van der Waals surface area contributed by atoms with E-state index in [0.717, 1.165) is 6.42 Å². The third kappa shape index (κ3) is 2.78. The van der Waals surface area contributed by atoms with Gasteiger partial charge in [-0.3, -0.25) is 14.5 Å². The van der Waals surface area contributed by atoms with Gasteiger partial charge >= 0.3 is 11.9 Å². The van der Waals surface area contributed by atoms with Crippen LogP contribution in [-0.2, 0) is 19.1 Å². The summed E-state index contributed by atoms with van der Waals surface area (Å²) in [6.07, 6.45) is 0.842. The normalized spacial score (nSPS) is 20.7. The molecule has 0 aromatic heterocycles. The molecular formula is C9H15NO4. The molecule has 14 heavy (non-hydrogen) atoms. The van der Waals surface area contributed by atoms with Crippen LogP contribution in [-0.4, -0.2) is 49.7 Å². The highest BCUT2D eigenvalue weighted by Gasteiger charge is 2.29. The Balaban J connectivity index is 2.56. The van der Waals surface area contributed by atoms with Gasteiger partial charge in [0.25, 0.3) is 0 Å². The van der Waals surface area contributed by atoms with Crippen LogP contribution in [0.25, 0.3) is 0 Å². The molecule has 1 heterocycles. The average molecular weight is 201 g/mol. The topological polar surface area (TPSA) is 55.8 Å². The Bertz CT molecular complexity index is 213. The summed E-state index contributed by atoms with van der Waals surface area (Å²) in [4.78, 5) is 23.8. The summed E-state index contributed by atoms with van der Waals surface area (Å²) in [5, 5.41) is 0. The number of cyclic esters (lactones) is 2. The van der Waals surface area contributed by atoms with Crippen molar-refractivity contribution in [2.24, 2.45) is 0 Å². The highest BCUT2D eigenvalue weighted by Crippen LogP contribution is 2.09. The smallest absolute Gasteiger partial charge is 0.327 e. The first kappa shape index (κ1) is 11.1. The average Bonchev–Trinajstić information content (AvgIpc) is 2.12. The monoisotopic (exact) mass is 201 g/mol. The van der Waals surface area contributed by atoms with Crippen molar-refractivity contribution in [3.8, 4) is 0 Å². The standard InChI is InChI=1S/C9H15NO4/c1-3-7(6-13-2)10-4-8(11)14-9(12)5-10/h7H,3-6H2,1-2H3. The molecule has 5 heteroatoms. The van der Waals surface area contributed by atoms with Crippen LogP contribution in [0.5, 0.6) is 0 Å². The molecule has 0 radical (unpaired) electrons. The molecule has 1 atom stereocenters. The minimum atomic E-state index is -0.476. The first-order chi connectivity index (χ1) is 6.67. The number of hydrogen-bond donors (Lipinski definition) is 0.